The van der Waals surface area contributed by atoms with Crippen LogP contribution in [0.1, 0.15) is 49.9 Å². The van der Waals surface area contributed by atoms with E-state index in [-0.39, 0.29) is 5.69 Å². The minimum absolute atomic E-state index is 0.0858. The number of alkyl halides is 3. The molecule has 2 heterocycles. The lowest BCUT2D eigenvalue weighted by atomic mass is 9.74. The maximum atomic E-state index is 13.1. The van der Waals surface area contributed by atoms with Crippen LogP contribution >= 0.6 is 0 Å². The summed E-state index contributed by atoms with van der Waals surface area (Å²) < 4.78 is 51.5. The minimum atomic E-state index is -4.51. The molecule has 4 rings (SSSR count). The zero-order valence-corrected chi connectivity index (χ0v) is 19.6. The average Bonchev–Trinajstić information content (AvgIpc) is 3.25. The molecule has 34 heavy (non-hydrogen) atoms. The number of hydrogen-bond donors (Lipinski definition) is 1. The molecule has 0 aliphatic carbocycles. The van der Waals surface area contributed by atoms with Gasteiger partial charge < -0.3 is 14.6 Å². The smallest absolute Gasteiger partial charge is 0.399 e. The number of rotatable bonds is 2. The van der Waals surface area contributed by atoms with Crippen LogP contribution in [-0.4, -0.2) is 30.9 Å². The Morgan fingerprint density at radius 1 is 1.15 bits per heavy atom. The van der Waals surface area contributed by atoms with Crippen molar-refractivity contribution in [2.75, 3.05) is 16.8 Å². The summed E-state index contributed by atoms with van der Waals surface area (Å²) in [6.07, 6.45) is -4.08. The monoisotopic (exact) mass is 471 g/mol. The molecule has 10 heteroatoms. The molecule has 2 amide bonds. The summed E-state index contributed by atoms with van der Waals surface area (Å²) in [5, 5.41) is 12.5. The molecule has 0 bridgehead atoms. The second-order valence-electron chi connectivity index (χ2n) is 9.59. The van der Waals surface area contributed by atoms with Crippen molar-refractivity contribution in [1.82, 2.24) is 0 Å². The lowest BCUT2D eigenvalue weighted by molar-refractivity contribution is -0.137. The maximum Gasteiger partial charge on any atom is 0.496 e. The lowest BCUT2D eigenvalue weighted by Crippen LogP contribution is -2.41. The Morgan fingerprint density at radius 2 is 1.79 bits per heavy atom. The van der Waals surface area contributed by atoms with Gasteiger partial charge >= 0.3 is 19.3 Å². The zero-order valence-electron chi connectivity index (χ0n) is 19.6. The van der Waals surface area contributed by atoms with Crippen LogP contribution in [0.25, 0.3) is 0 Å². The number of fused-ring (bicyclic) bond motifs is 1. The van der Waals surface area contributed by atoms with Gasteiger partial charge in [-0.1, -0.05) is 12.1 Å². The molecule has 178 valence electrons. The third kappa shape index (κ3) is 4.03. The summed E-state index contributed by atoms with van der Waals surface area (Å²) in [5.41, 5.74) is 0.823. The largest absolute Gasteiger partial charge is 0.496 e. The molecular formula is C24H25BF3N3O3. The van der Waals surface area contributed by atoms with Crippen molar-refractivity contribution in [3.63, 3.8) is 0 Å². The van der Waals surface area contributed by atoms with Crippen LogP contribution < -0.4 is 15.7 Å². The highest BCUT2D eigenvalue weighted by molar-refractivity contribution is 6.63. The Balaban J connectivity index is 1.62. The number of hydrogen-bond acceptors (Lipinski definition) is 4. The van der Waals surface area contributed by atoms with Crippen LogP contribution in [0.3, 0.4) is 0 Å². The van der Waals surface area contributed by atoms with E-state index < -0.39 is 36.1 Å². The van der Waals surface area contributed by atoms with Crippen molar-refractivity contribution in [2.24, 2.45) is 0 Å². The van der Waals surface area contributed by atoms with Crippen LogP contribution in [0.4, 0.5) is 29.3 Å². The van der Waals surface area contributed by atoms with Crippen LogP contribution in [0, 0.1) is 18.3 Å². The summed E-state index contributed by atoms with van der Waals surface area (Å²) in [6.45, 7) is 9.62. The van der Waals surface area contributed by atoms with Gasteiger partial charge in [0, 0.05) is 23.4 Å². The number of nitrogens with zero attached hydrogens (tertiary/aromatic N) is 2. The van der Waals surface area contributed by atoms with Crippen molar-refractivity contribution < 1.29 is 27.3 Å². The number of carbonyl (C=O) groups excluding carboxylic acids is 1. The van der Waals surface area contributed by atoms with E-state index in [0.717, 1.165) is 12.1 Å². The zero-order chi connectivity index (χ0) is 25.1. The van der Waals surface area contributed by atoms with Gasteiger partial charge in [0.1, 0.15) is 0 Å². The van der Waals surface area contributed by atoms with Crippen LogP contribution in [0.5, 0.6) is 0 Å². The van der Waals surface area contributed by atoms with Gasteiger partial charge in [-0.3, -0.25) is 4.90 Å². The van der Waals surface area contributed by atoms with Crippen LogP contribution in [0.2, 0.25) is 0 Å². The quantitative estimate of drug-likeness (QED) is 0.640. The molecule has 1 N–H and O–H groups in total. The highest BCUT2D eigenvalue weighted by atomic mass is 19.4. The molecule has 0 spiro atoms. The van der Waals surface area contributed by atoms with E-state index in [4.69, 9.17) is 9.31 Å². The summed E-state index contributed by atoms with van der Waals surface area (Å²) in [7, 11) is -0.722. The number of amides is 2. The van der Waals surface area contributed by atoms with Gasteiger partial charge in [0.25, 0.3) is 0 Å². The summed E-state index contributed by atoms with van der Waals surface area (Å²) in [6, 6.07) is 8.32. The molecular weight excluding hydrogens is 446 g/mol. The number of nitriles is 1. The van der Waals surface area contributed by atoms with Gasteiger partial charge in [0.15, 0.2) is 0 Å². The second-order valence-corrected chi connectivity index (χ2v) is 9.59. The first-order valence-corrected chi connectivity index (χ1v) is 10.9. The fraction of sp³-hybridized carbons (Fsp3) is 0.417. The van der Waals surface area contributed by atoms with Crippen molar-refractivity contribution in [3.05, 3.63) is 52.6 Å². The van der Waals surface area contributed by atoms with Crippen LogP contribution in [0.15, 0.2) is 30.3 Å². The average molecular weight is 471 g/mol. The molecule has 1 fully saturated rings. The predicted molar refractivity (Wildman–Crippen MR) is 123 cm³/mol. The Morgan fingerprint density at radius 3 is 2.38 bits per heavy atom. The molecule has 0 radical (unpaired) electrons. The van der Waals surface area contributed by atoms with Gasteiger partial charge in [-0.2, -0.15) is 18.4 Å². The van der Waals surface area contributed by atoms with Crippen molar-refractivity contribution in [3.8, 4) is 6.07 Å². The van der Waals surface area contributed by atoms with E-state index in [9.17, 15) is 23.2 Å². The topological polar surface area (TPSA) is 74.6 Å². The van der Waals surface area contributed by atoms with Gasteiger partial charge in [0.05, 0.1) is 28.4 Å². The molecule has 0 aromatic heterocycles. The van der Waals surface area contributed by atoms with E-state index in [1.54, 1.807) is 19.1 Å². The van der Waals surface area contributed by atoms with E-state index in [0.29, 0.717) is 40.8 Å². The third-order valence-electron chi connectivity index (χ3n) is 6.87. The van der Waals surface area contributed by atoms with E-state index in [1.807, 2.05) is 27.7 Å². The molecule has 2 aromatic rings. The standard InChI is InChI=1S/C24H25BF3N3O3/c1-14-6-7-15(24(26,27)28)12-19(14)30-21(32)31-11-10-16-17(13-29)18(8-9-20(16)31)25-33-22(2,3)23(4,5)34-25/h6-9,12H,10-11H2,1-5H3,(H,30,32). The second kappa shape index (κ2) is 8.03. The molecule has 0 unspecified atom stereocenters. The predicted octanol–water partition coefficient (Wildman–Crippen LogP) is 4.78. The first-order valence-electron chi connectivity index (χ1n) is 10.9. The maximum absolute atomic E-state index is 13.1. The number of halogens is 3. The molecule has 2 aromatic carbocycles. The number of aryl methyl sites for hydroxylation is 1. The Bertz CT molecular complexity index is 1190. The number of carbonyl (C=O) groups is 1. The highest BCUT2D eigenvalue weighted by Gasteiger charge is 2.52. The van der Waals surface area contributed by atoms with Crippen molar-refractivity contribution in [2.45, 2.75) is 58.4 Å². The summed E-state index contributed by atoms with van der Waals surface area (Å²) in [4.78, 5) is 14.4. The first-order chi connectivity index (χ1) is 15.7. The molecule has 0 atom stereocenters. The first kappa shape index (κ1) is 24.1. The number of nitrogens with one attached hydrogen (secondary N) is 1. The molecule has 2 aliphatic rings. The van der Waals surface area contributed by atoms with Crippen molar-refractivity contribution >= 4 is 30.0 Å². The van der Waals surface area contributed by atoms with Crippen molar-refractivity contribution in [1.29, 1.82) is 5.26 Å². The molecule has 1 saturated heterocycles. The van der Waals surface area contributed by atoms with E-state index in [2.05, 4.69) is 11.4 Å². The normalized spacial score (nSPS) is 18.6. The number of urea groups is 1. The van der Waals surface area contributed by atoms with Gasteiger partial charge in [0.2, 0.25) is 0 Å². The van der Waals surface area contributed by atoms with E-state index in [1.165, 1.54) is 11.0 Å². The molecule has 0 saturated carbocycles. The lowest BCUT2D eigenvalue weighted by Gasteiger charge is -2.32. The Kier molecular flexibility index (Phi) is 5.70. The fourth-order valence-corrected chi connectivity index (χ4v) is 4.13. The molecule has 6 nitrogen and oxygen atoms in total. The third-order valence-corrected chi connectivity index (χ3v) is 6.87. The summed E-state index contributed by atoms with van der Waals surface area (Å²) >= 11 is 0. The Labute approximate surface area is 196 Å². The Hall–Kier alpha value is -3.03. The number of benzene rings is 2. The van der Waals surface area contributed by atoms with E-state index >= 15 is 0 Å². The van der Waals surface area contributed by atoms with Gasteiger partial charge in [-0.15, -0.1) is 0 Å². The van der Waals surface area contributed by atoms with Crippen LogP contribution in [-0.2, 0) is 21.9 Å². The summed E-state index contributed by atoms with van der Waals surface area (Å²) in [5.74, 6) is 0. The van der Waals surface area contributed by atoms with Gasteiger partial charge in [-0.05, 0) is 70.4 Å². The van der Waals surface area contributed by atoms with Gasteiger partial charge in [-0.25, -0.2) is 4.79 Å². The fourth-order valence-electron chi connectivity index (χ4n) is 4.13. The number of anilines is 2. The SMILES string of the molecule is Cc1ccc(C(F)(F)F)cc1NC(=O)N1CCc2c1ccc(B1OC(C)(C)C(C)(C)O1)c2C#N. The highest BCUT2D eigenvalue weighted by Crippen LogP contribution is 2.38. The molecule has 2 aliphatic heterocycles. The minimum Gasteiger partial charge on any atom is -0.399 e.